The van der Waals surface area contributed by atoms with Gasteiger partial charge in [-0.1, -0.05) is 13.8 Å². The highest BCUT2D eigenvalue weighted by Crippen LogP contribution is 2.21. The van der Waals surface area contributed by atoms with Crippen LogP contribution in [0.15, 0.2) is 11.2 Å². The number of rotatable bonds is 2. The number of hydrogen-bond donors (Lipinski definition) is 2. The van der Waals surface area contributed by atoms with E-state index in [0.29, 0.717) is 18.4 Å². The molecule has 2 aliphatic rings. The molecule has 3 heterocycles. The van der Waals surface area contributed by atoms with Crippen LogP contribution in [0.5, 0.6) is 0 Å². The lowest BCUT2D eigenvalue weighted by atomic mass is 10.1. The minimum Gasteiger partial charge on any atom is -0.382 e. The summed E-state index contributed by atoms with van der Waals surface area (Å²) < 4.78 is 0. The van der Waals surface area contributed by atoms with Crippen molar-refractivity contribution >= 4 is 23.8 Å². The first-order valence-corrected chi connectivity index (χ1v) is 6.18. The Morgan fingerprint density at radius 1 is 1.50 bits per heavy atom. The SMILES string of the molecule is CC(C)CN1CN=c2c(N)nc3c(c21)C=CNC=3. The van der Waals surface area contributed by atoms with Gasteiger partial charge in [0, 0.05) is 24.5 Å². The van der Waals surface area contributed by atoms with Gasteiger partial charge in [0.05, 0.1) is 11.0 Å². The lowest BCUT2D eigenvalue weighted by molar-refractivity contribution is 0.621. The van der Waals surface area contributed by atoms with Crippen LogP contribution < -0.4 is 26.7 Å². The van der Waals surface area contributed by atoms with Crippen LogP contribution in [0.25, 0.3) is 12.3 Å². The molecule has 0 aliphatic carbocycles. The van der Waals surface area contributed by atoms with Crippen molar-refractivity contribution in [2.45, 2.75) is 13.8 Å². The number of aromatic nitrogens is 1. The molecule has 0 bridgehead atoms. The molecule has 0 fully saturated rings. The average Bonchev–Trinajstić information content (AvgIpc) is 2.73. The number of nitrogen functional groups attached to an aromatic ring is 1. The number of nitrogens with two attached hydrogens (primary N) is 1. The Morgan fingerprint density at radius 3 is 3.11 bits per heavy atom. The zero-order valence-corrected chi connectivity index (χ0v) is 10.6. The topological polar surface area (TPSA) is 66.5 Å². The van der Waals surface area contributed by atoms with E-state index < -0.39 is 0 Å². The Morgan fingerprint density at radius 2 is 2.33 bits per heavy atom. The molecule has 0 atom stereocenters. The molecule has 0 radical (unpaired) electrons. The Hall–Kier alpha value is -2.04. The second-order valence-electron chi connectivity index (χ2n) is 5.05. The molecule has 94 valence electrons. The normalized spacial score (nSPS) is 15.8. The second-order valence-corrected chi connectivity index (χ2v) is 5.05. The van der Waals surface area contributed by atoms with Crippen molar-refractivity contribution in [1.29, 1.82) is 0 Å². The van der Waals surface area contributed by atoms with Gasteiger partial charge in [-0.25, -0.2) is 4.98 Å². The maximum atomic E-state index is 5.99. The van der Waals surface area contributed by atoms with Crippen LogP contribution in [0.1, 0.15) is 19.4 Å². The molecule has 0 aromatic carbocycles. The summed E-state index contributed by atoms with van der Waals surface area (Å²) in [7, 11) is 0. The van der Waals surface area contributed by atoms with Gasteiger partial charge < -0.3 is 16.0 Å². The van der Waals surface area contributed by atoms with Gasteiger partial charge in [-0.05, 0) is 12.0 Å². The van der Waals surface area contributed by atoms with Gasteiger partial charge in [0.15, 0.2) is 5.82 Å². The lowest BCUT2D eigenvalue weighted by Gasteiger charge is -2.23. The summed E-state index contributed by atoms with van der Waals surface area (Å²) >= 11 is 0. The molecule has 5 nitrogen and oxygen atoms in total. The van der Waals surface area contributed by atoms with E-state index in [1.165, 1.54) is 0 Å². The molecular weight excluding hydrogens is 226 g/mol. The van der Waals surface area contributed by atoms with Crippen LogP contribution in [0.4, 0.5) is 11.5 Å². The van der Waals surface area contributed by atoms with Crippen molar-refractivity contribution in [3.8, 4) is 0 Å². The molecule has 2 aliphatic heterocycles. The van der Waals surface area contributed by atoms with Crippen molar-refractivity contribution in [2.75, 3.05) is 23.8 Å². The molecule has 18 heavy (non-hydrogen) atoms. The molecule has 3 rings (SSSR count). The molecular formula is C13H17N5. The summed E-state index contributed by atoms with van der Waals surface area (Å²) in [6.45, 7) is 6.07. The minimum absolute atomic E-state index is 0.517. The van der Waals surface area contributed by atoms with Crippen molar-refractivity contribution in [3.05, 3.63) is 22.5 Å². The van der Waals surface area contributed by atoms with Crippen molar-refractivity contribution in [2.24, 2.45) is 10.9 Å². The summed E-state index contributed by atoms with van der Waals surface area (Å²) in [5, 5.41) is 4.77. The summed E-state index contributed by atoms with van der Waals surface area (Å²) in [5.74, 6) is 1.11. The van der Waals surface area contributed by atoms with E-state index in [2.05, 4.69) is 34.0 Å². The van der Waals surface area contributed by atoms with Gasteiger partial charge in [0.25, 0.3) is 0 Å². The quantitative estimate of drug-likeness (QED) is 0.769. The van der Waals surface area contributed by atoms with E-state index in [1.54, 1.807) is 0 Å². The maximum Gasteiger partial charge on any atom is 0.151 e. The van der Waals surface area contributed by atoms with E-state index in [4.69, 9.17) is 5.73 Å². The minimum atomic E-state index is 0.517. The first kappa shape index (κ1) is 11.1. The van der Waals surface area contributed by atoms with Gasteiger partial charge in [0.2, 0.25) is 0 Å². The molecule has 0 unspecified atom stereocenters. The van der Waals surface area contributed by atoms with Crippen LogP contribution in [-0.2, 0) is 0 Å². The average molecular weight is 243 g/mol. The third-order valence-corrected chi connectivity index (χ3v) is 3.11. The van der Waals surface area contributed by atoms with Gasteiger partial charge in [-0.15, -0.1) is 0 Å². The van der Waals surface area contributed by atoms with Crippen molar-refractivity contribution in [3.63, 3.8) is 0 Å². The van der Waals surface area contributed by atoms with Gasteiger partial charge in [0.1, 0.15) is 12.0 Å². The Labute approximate surface area is 106 Å². The highest BCUT2D eigenvalue weighted by molar-refractivity contribution is 5.72. The first-order valence-electron chi connectivity index (χ1n) is 6.18. The Balaban J connectivity index is 2.20. The highest BCUT2D eigenvalue weighted by atomic mass is 15.2. The smallest absolute Gasteiger partial charge is 0.151 e. The first-order chi connectivity index (χ1) is 8.66. The maximum absolute atomic E-state index is 5.99. The standard InChI is InChI=1S/C13H17N5/c1-8(2)6-18-7-16-11-12(18)9-3-4-15-5-10(9)17-13(11)14/h3-5,8,15H,6-7H2,1-2H3,(H2,14,17). The molecule has 0 saturated heterocycles. The largest absolute Gasteiger partial charge is 0.382 e. The predicted octanol–water partition coefficient (Wildman–Crippen LogP) is 0.0288. The number of fused-ring (bicyclic) bond motifs is 3. The fourth-order valence-electron chi connectivity index (χ4n) is 2.44. The zero-order chi connectivity index (χ0) is 12.7. The van der Waals surface area contributed by atoms with Gasteiger partial charge >= 0.3 is 0 Å². The van der Waals surface area contributed by atoms with Crippen LogP contribution in [0.2, 0.25) is 0 Å². The van der Waals surface area contributed by atoms with Crippen molar-refractivity contribution in [1.82, 2.24) is 10.3 Å². The number of pyridine rings is 1. The van der Waals surface area contributed by atoms with Gasteiger partial charge in [-0.2, -0.15) is 0 Å². The number of anilines is 2. The number of nitrogens with zero attached hydrogens (tertiary/aromatic N) is 3. The molecule has 0 spiro atoms. The van der Waals surface area contributed by atoms with Crippen LogP contribution >= 0.6 is 0 Å². The third kappa shape index (κ3) is 1.63. The predicted molar refractivity (Wildman–Crippen MR) is 73.1 cm³/mol. The Kier molecular flexibility index (Phi) is 2.47. The monoisotopic (exact) mass is 243 g/mol. The van der Waals surface area contributed by atoms with Gasteiger partial charge in [-0.3, -0.25) is 4.99 Å². The summed E-state index contributed by atoms with van der Waals surface area (Å²) in [6, 6.07) is 0. The fraction of sp³-hybridized carbons (Fsp3) is 0.385. The molecule has 5 heteroatoms. The molecule has 0 amide bonds. The van der Waals surface area contributed by atoms with E-state index in [0.717, 1.165) is 28.5 Å². The van der Waals surface area contributed by atoms with Crippen molar-refractivity contribution < 1.29 is 0 Å². The van der Waals surface area contributed by atoms with E-state index in [1.807, 2.05) is 18.5 Å². The van der Waals surface area contributed by atoms with E-state index in [9.17, 15) is 0 Å². The van der Waals surface area contributed by atoms with Crippen LogP contribution in [0, 0.1) is 5.92 Å². The Bertz CT molecular complexity index is 630. The molecule has 1 aromatic heterocycles. The second kappa shape index (κ2) is 4.01. The summed E-state index contributed by atoms with van der Waals surface area (Å²) in [5.41, 5.74) is 8.22. The van der Waals surface area contributed by atoms with E-state index in [-0.39, 0.29) is 0 Å². The zero-order valence-electron chi connectivity index (χ0n) is 10.6. The summed E-state index contributed by atoms with van der Waals surface area (Å²) in [4.78, 5) is 11.2. The van der Waals surface area contributed by atoms with Crippen LogP contribution in [-0.4, -0.2) is 18.2 Å². The lowest BCUT2D eigenvalue weighted by Crippen LogP contribution is -2.33. The molecule has 1 aromatic rings. The number of hydrogen-bond acceptors (Lipinski definition) is 5. The fourth-order valence-corrected chi connectivity index (χ4v) is 2.44. The molecule has 3 N–H and O–H groups in total. The highest BCUT2D eigenvalue weighted by Gasteiger charge is 2.22. The third-order valence-electron chi connectivity index (χ3n) is 3.11. The van der Waals surface area contributed by atoms with E-state index >= 15 is 0 Å². The molecule has 0 saturated carbocycles. The van der Waals surface area contributed by atoms with Crippen LogP contribution in [0.3, 0.4) is 0 Å². The summed E-state index contributed by atoms with van der Waals surface area (Å²) in [6.07, 6.45) is 5.82. The number of nitrogens with one attached hydrogen (secondary N) is 1.